The topological polar surface area (TPSA) is 91.2 Å². The van der Waals surface area contributed by atoms with Gasteiger partial charge >= 0.3 is 0 Å². The van der Waals surface area contributed by atoms with Crippen LogP contribution in [0.5, 0.6) is 0 Å². The molecular formula is C13H19N5O2. The van der Waals surface area contributed by atoms with E-state index in [2.05, 4.69) is 32.5 Å². The van der Waals surface area contributed by atoms with Gasteiger partial charge in [-0.25, -0.2) is 10.4 Å². The highest BCUT2D eigenvalue weighted by molar-refractivity contribution is 5.78. The molecule has 7 nitrogen and oxygen atoms in total. The van der Waals surface area contributed by atoms with Crippen LogP contribution in [-0.2, 0) is 11.2 Å². The molecule has 4 N–H and O–H groups in total. The second kappa shape index (κ2) is 6.06. The summed E-state index contributed by atoms with van der Waals surface area (Å²) in [4.78, 5) is 16.2. The lowest BCUT2D eigenvalue weighted by Crippen LogP contribution is -2.40. The first-order valence-electron chi connectivity index (χ1n) is 6.91. The van der Waals surface area contributed by atoms with Crippen molar-refractivity contribution in [1.29, 1.82) is 0 Å². The molecule has 3 rings (SSSR count). The summed E-state index contributed by atoms with van der Waals surface area (Å²) in [5.41, 5.74) is 7.74. The van der Waals surface area contributed by atoms with Gasteiger partial charge in [0.2, 0.25) is 5.91 Å². The molecular weight excluding hydrogens is 258 g/mol. The number of aromatic nitrogens is 1. The molecule has 1 aromatic rings. The quantitative estimate of drug-likeness (QED) is 0.575. The third kappa shape index (κ3) is 3.17. The van der Waals surface area contributed by atoms with Gasteiger partial charge in [-0.3, -0.25) is 4.79 Å². The number of nitrogens with zero attached hydrogens (tertiary/aromatic N) is 1. The van der Waals surface area contributed by atoms with Crippen molar-refractivity contribution in [2.24, 2.45) is 0 Å². The molecule has 0 aromatic carbocycles. The fourth-order valence-electron chi connectivity index (χ4n) is 2.14. The first-order chi connectivity index (χ1) is 9.81. The molecule has 2 aliphatic rings. The van der Waals surface area contributed by atoms with E-state index in [1.54, 1.807) is 6.26 Å². The molecule has 1 saturated heterocycles. The molecule has 1 fully saturated rings. The zero-order valence-electron chi connectivity index (χ0n) is 11.2. The van der Waals surface area contributed by atoms with Gasteiger partial charge in [-0.2, -0.15) is 0 Å². The summed E-state index contributed by atoms with van der Waals surface area (Å²) in [5.74, 6) is 1.03. The molecule has 0 aliphatic carbocycles. The van der Waals surface area contributed by atoms with Gasteiger partial charge in [0.15, 0.2) is 5.89 Å². The van der Waals surface area contributed by atoms with Crippen LogP contribution in [0.3, 0.4) is 0 Å². The van der Waals surface area contributed by atoms with Crippen LogP contribution in [0, 0.1) is 0 Å². The highest BCUT2D eigenvalue weighted by Crippen LogP contribution is 2.18. The lowest BCUT2D eigenvalue weighted by Gasteiger charge is -2.23. The van der Waals surface area contributed by atoms with E-state index in [-0.39, 0.29) is 12.3 Å². The Labute approximate surface area is 117 Å². The minimum Gasteiger partial charge on any atom is -0.448 e. The molecule has 1 aromatic heterocycles. The third-order valence-corrected chi connectivity index (χ3v) is 3.43. The smallest absolute Gasteiger partial charge is 0.226 e. The maximum atomic E-state index is 11.8. The Morgan fingerprint density at radius 1 is 1.50 bits per heavy atom. The molecule has 7 heteroatoms. The van der Waals surface area contributed by atoms with Crippen LogP contribution in [0.1, 0.15) is 23.9 Å². The van der Waals surface area contributed by atoms with Gasteiger partial charge in [0.05, 0.1) is 24.6 Å². The Bertz CT molecular complexity index is 507. The van der Waals surface area contributed by atoms with Crippen molar-refractivity contribution in [2.75, 3.05) is 26.2 Å². The van der Waals surface area contributed by atoms with Gasteiger partial charge in [0, 0.05) is 25.3 Å². The predicted molar refractivity (Wildman–Crippen MR) is 72.7 cm³/mol. The highest BCUT2D eigenvalue weighted by atomic mass is 16.3. The van der Waals surface area contributed by atoms with Gasteiger partial charge in [-0.1, -0.05) is 6.08 Å². The summed E-state index contributed by atoms with van der Waals surface area (Å²) in [6, 6.07) is 0. The van der Waals surface area contributed by atoms with Gasteiger partial charge in [-0.15, -0.1) is 0 Å². The average Bonchev–Trinajstić information content (AvgIpc) is 2.84. The molecule has 108 valence electrons. The molecule has 20 heavy (non-hydrogen) atoms. The van der Waals surface area contributed by atoms with Crippen molar-refractivity contribution < 1.29 is 9.21 Å². The normalized spacial score (nSPS) is 18.9. The van der Waals surface area contributed by atoms with Crippen LogP contribution < -0.4 is 21.5 Å². The Hall–Kier alpha value is -1.86. The number of hydrazine groups is 1. The predicted octanol–water partition coefficient (Wildman–Crippen LogP) is -0.598. The zero-order valence-corrected chi connectivity index (χ0v) is 11.2. The van der Waals surface area contributed by atoms with Crippen molar-refractivity contribution in [2.45, 2.75) is 18.8 Å². The molecule has 2 aliphatic heterocycles. The van der Waals surface area contributed by atoms with Crippen molar-refractivity contribution >= 4 is 5.91 Å². The maximum Gasteiger partial charge on any atom is 0.226 e. The van der Waals surface area contributed by atoms with Crippen LogP contribution in [-0.4, -0.2) is 37.1 Å². The van der Waals surface area contributed by atoms with E-state index in [1.165, 1.54) is 0 Å². The molecule has 0 radical (unpaired) electrons. The Balaban J connectivity index is 1.45. The monoisotopic (exact) mass is 277 g/mol. The van der Waals surface area contributed by atoms with E-state index in [9.17, 15) is 4.79 Å². The average molecular weight is 277 g/mol. The number of nitrogens with one attached hydrogen (secondary N) is 4. The Morgan fingerprint density at radius 3 is 3.10 bits per heavy atom. The number of carbonyl (C=O) groups excluding carboxylic acids is 1. The van der Waals surface area contributed by atoms with Crippen molar-refractivity contribution in [1.82, 2.24) is 26.5 Å². The molecule has 3 heterocycles. The van der Waals surface area contributed by atoms with Gasteiger partial charge in [0.25, 0.3) is 0 Å². The van der Waals surface area contributed by atoms with Crippen LogP contribution in [0.4, 0.5) is 0 Å². The standard InChI is InChI=1S/C13H19N5O2/c19-12(15-7-10-2-1-3-16-18-10)4-11-8-20-13(17-11)9-5-14-6-9/h2,8-9,14,16,18H,1,3-7H2,(H,15,19). The summed E-state index contributed by atoms with van der Waals surface area (Å²) in [6.07, 6.45) is 4.88. The number of rotatable bonds is 5. The molecule has 0 spiro atoms. The second-order valence-corrected chi connectivity index (χ2v) is 5.06. The van der Waals surface area contributed by atoms with E-state index in [1.807, 2.05) is 0 Å². The lowest BCUT2D eigenvalue weighted by atomic mass is 10.0. The van der Waals surface area contributed by atoms with Crippen LogP contribution >= 0.6 is 0 Å². The Morgan fingerprint density at radius 2 is 2.40 bits per heavy atom. The lowest BCUT2D eigenvalue weighted by molar-refractivity contribution is -0.120. The van der Waals surface area contributed by atoms with Gasteiger partial charge < -0.3 is 20.5 Å². The minimum absolute atomic E-state index is 0.0511. The SMILES string of the molecule is O=C(Cc1coc(C2CNC2)n1)NCC1=CCCNN1. The molecule has 0 bridgehead atoms. The second-order valence-electron chi connectivity index (χ2n) is 5.06. The number of oxazole rings is 1. The Kier molecular flexibility index (Phi) is 3.98. The van der Waals surface area contributed by atoms with E-state index in [0.717, 1.165) is 37.6 Å². The van der Waals surface area contributed by atoms with Gasteiger partial charge in [0.1, 0.15) is 6.26 Å². The fourth-order valence-corrected chi connectivity index (χ4v) is 2.14. The number of hydrogen-bond acceptors (Lipinski definition) is 6. The molecule has 0 atom stereocenters. The van der Waals surface area contributed by atoms with Crippen LogP contribution in [0.25, 0.3) is 0 Å². The summed E-state index contributed by atoms with van der Waals surface area (Å²) < 4.78 is 5.40. The van der Waals surface area contributed by atoms with Crippen molar-refractivity contribution in [3.8, 4) is 0 Å². The van der Waals surface area contributed by atoms with E-state index < -0.39 is 0 Å². The molecule has 0 unspecified atom stereocenters. The number of carbonyl (C=O) groups is 1. The summed E-state index contributed by atoms with van der Waals surface area (Å²) in [5, 5.41) is 6.03. The summed E-state index contributed by atoms with van der Waals surface area (Å²) >= 11 is 0. The zero-order chi connectivity index (χ0) is 13.8. The minimum atomic E-state index is -0.0511. The van der Waals surface area contributed by atoms with Gasteiger partial charge in [-0.05, 0) is 6.42 Å². The fraction of sp³-hybridized carbons (Fsp3) is 0.538. The van der Waals surface area contributed by atoms with Crippen molar-refractivity contribution in [3.05, 3.63) is 29.6 Å². The highest BCUT2D eigenvalue weighted by Gasteiger charge is 2.24. The third-order valence-electron chi connectivity index (χ3n) is 3.43. The first kappa shape index (κ1) is 13.1. The number of amides is 1. The van der Waals surface area contributed by atoms with E-state index in [0.29, 0.717) is 18.2 Å². The molecule has 0 saturated carbocycles. The molecule has 1 amide bonds. The summed E-state index contributed by atoms with van der Waals surface area (Å²) in [6.45, 7) is 3.22. The van der Waals surface area contributed by atoms with Crippen LogP contribution in [0.2, 0.25) is 0 Å². The van der Waals surface area contributed by atoms with Crippen molar-refractivity contribution in [3.63, 3.8) is 0 Å². The largest absolute Gasteiger partial charge is 0.448 e. The maximum absolute atomic E-state index is 11.8. The van der Waals surface area contributed by atoms with E-state index >= 15 is 0 Å². The van der Waals surface area contributed by atoms with E-state index in [4.69, 9.17) is 4.42 Å². The first-order valence-corrected chi connectivity index (χ1v) is 6.91. The van der Waals surface area contributed by atoms with Crippen LogP contribution in [0.15, 0.2) is 22.5 Å². The number of hydrogen-bond donors (Lipinski definition) is 4. The summed E-state index contributed by atoms with van der Waals surface area (Å²) in [7, 11) is 0.